The highest BCUT2D eigenvalue weighted by Gasteiger charge is 2.32. The Morgan fingerprint density at radius 3 is 2.27 bits per heavy atom. The van der Waals surface area contributed by atoms with Crippen LogP contribution in [0.1, 0.15) is 36.7 Å². The summed E-state index contributed by atoms with van der Waals surface area (Å²) in [5, 5.41) is 3.03. The Hall–Kier alpha value is -2.86. The van der Waals surface area contributed by atoms with Gasteiger partial charge in [0.25, 0.3) is 5.91 Å². The number of ether oxygens (including phenoxy) is 1. The van der Waals surface area contributed by atoms with Gasteiger partial charge in [-0.2, -0.15) is 0 Å². The number of carbonyl (C=O) groups excluding carboxylic acids is 2. The normalized spacial score (nSPS) is 17.4. The highest BCUT2D eigenvalue weighted by molar-refractivity contribution is 5.94. The fraction of sp³-hybridized carbons (Fsp3) is 0.417. The summed E-state index contributed by atoms with van der Waals surface area (Å²) in [6.07, 6.45) is -0.304. The zero-order valence-corrected chi connectivity index (χ0v) is 18.0. The van der Waals surface area contributed by atoms with Gasteiger partial charge in [0.1, 0.15) is 5.60 Å². The lowest BCUT2D eigenvalue weighted by molar-refractivity contribution is 0.00271. The average molecular weight is 410 g/mol. The molecule has 1 heterocycles. The second-order valence-electron chi connectivity index (χ2n) is 8.61. The van der Waals surface area contributed by atoms with Gasteiger partial charge in [0.05, 0.1) is 0 Å². The van der Waals surface area contributed by atoms with E-state index in [2.05, 4.69) is 22.3 Å². The first-order valence-corrected chi connectivity index (χ1v) is 10.4. The van der Waals surface area contributed by atoms with Crippen molar-refractivity contribution in [1.82, 2.24) is 15.1 Å². The van der Waals surface area contributed by atoms with E-state index < -0.39 is 5.60 Å². The number of nitrogens with zero attached hydrogens (tertiary/aromatic N) is 2. The van der Waals surface area contributed by atoms with Crippen molar-refractivity contribution in [2.45, 2.75) is 39.0 Å². The van der Waals surface area contributed by atoms with E-state index in [1.165, 1.54) is 5.56 Å². The van der Waals surface area contributed by atoms with Crippen LogP contribution < -0.4 is 5.32 Å². The van der Waals surface area contributed by atoms with Crippen LogP contribution in [0.4, 0.5) is 4.79 Å². The Bertz CT molecular complexity index is 834. The molecule has 0 spiro atoms. The number of rotatable bonds is 5. The Labute approximate surface area is 178 Å². The van der Waals surface area contributed by atoms with E-state index >= 15 is 0 Å². The molecule has 1 aliphatic rings. The molecular weight excluding hydrogens is 378 g/mol. The van der Waals surface area contributed by atoms with Crippen molar-refractivity contribution in [2.24, 2.45) is 0 Å². The van der Waals surface area contributed by atoms with Crippen LogP contribution in [0.15, 0.2) is 60.7 Å². The minimum Gasteiger partial charge on any atom is -0.444 e. The second kappa shape index (κ2) is 9.76. The van der Waals surface area contributed by atoms with Crippen LogP contribution in [0, 0.1) is 0 Å². The molecule has 0 saturated carbocycles. The first kappa shape index (κ1) is 21.8. The van der Waals surface area contributed by atoms with Gasteiger partial charge in [0.15, 0.2) is 0 Å². The van der Waals surface area contributed by atoms with Gasteiger partial charge in [-0.25, -0.2) is 4.79 Å². The van der Waals surface area contributed by atoms with Crippen molar-refractivity contribution in [3.8, 4) is 0 Å². The third-order valence-corrected chi connectivity index (χ3v) is 5.02. The molecule has 2 amide bonds. The molecule has 0 unspecified atom stereocenters. The summed E-state index contributed by atoms with van der Waals surface area (Å²) in [6.45, 7) is 8.67. The van der Waals surface area contributed by atoms with E-state index in [1.807, 2.05) is 57.2 Å². The lowest BCUT2D eigenvalue weighted by atomic mass is 10.1. The summed E-state index contributed by atoms with van der Waals surface area (Å²) in [7, 11) is 0. The molecule has 1 aliphatic heterocycles. The maximum atomic E-state index is 12.6. The average Bonchev–Trinajstić information content (AvgIpc) is 2.73. The molecule has 160 valence electrons. The van der Waals surface area contributed by atoms with E-state index in [1.54, 1.807) is 17.0 Å². The topological polar surface area (TPSA) is 61.9 Å². The first-order chi connectivity index (χ1) is 14.3. The van der Waals surface area contributed by atoms with Crippen molar-refractivity contribution >= 4 is 12.0 Å². The van der Waals surface area contributed by atoms with E-state index in [9.17, 15) is 9.59 Å². The van der Waals surface area contributed by atoms with Gasteiger partial charge in [-0.15, -0.1) is 0 Å². The molecule has 1 saturated heterocycles. The molecule has 30 heavy (non-hydrogen) atoms. The Morgan fingerprint density at radius 1 is 1.00 bits per heavy atom. The van der Waals surface area contributed by atoms with Gasteiger partial charge in [-0.05, 0) is 38.5 Å². The van der Waals surface area contributed by atoms with Crippen molar-refractivity contribution in [2.75, 3.05) is 26.2 Å². The van der Waals surface area contributed by atoms with E-state index in [4.69, 9.17) is 4.74 Å². The number of hydrogen-bond acceptors (Lipinski definition) is 4. The highest BCUT2D eigenvalue weighted by Crippen LogP contribution is 2.17. The van der Waals surface area contributed by atoms with Crippen molar-refractivity contribution in [3.63, 3.8) is 0 Å². The van der Waals surface area contributed by atoms with E-state index in [-0.39, 0.29) is 18.0 Å². The monoisotopic (exact) mass is 409 g/mol. The third-order valence-electron chi connectivity index (χ3n) is 5.02. The van der Waals surface area contributed by atoms with Crippen molar-refractivity contribution < 1.29 is 14.3 Å². The minimum atomic E-state index is -0.532. The van der Waals surface area contributed by atoms with Crippen LogP contribution in [0.3, 0.4) is 0 Å². The zero-order chi connectivity index (χ0) is 21.6. The lowest BCUT2D eigenvalue weighted by Gasteiger charge is -2.41. The lowest BCUT2D eigenvalue weighted by Crippen LogP contribution is -2.58. The molecule has 2 aromatic rings. The Morgan fingerprint density at radius 2 is 1.63 bits per heavy atom. The van der Waals surface area contributed by atoms with E-state index in [0.29, 0.717) is 25.2 Å². The third kappa shape index (κ3) is 6.32. The Kier molecular flexibility index (Phi) is 7.11. The van der Waals surface area contributed by atoms with Gasteiger partial charge in [-0.3, -0.25) is 9.69 Å². The van der Waals surface area contributed by atoms with Crippen LogP contribution in [0.2, 0.25) is 0 Å². The molecular formula is C24H31N3O3. The summed E-state index contributed by atoms with van der Waals surface area (Å²) in [5.41, 5.74) is 1.31. The number of carbonyl (C=O) groups is 2. The number of nitrogens with one attached hydrogen (secondary N) is 1. The summed E-state index contributed by atoms with van der Waals surface area (Å²) in [6, 6.07) is 19.4. The molecule has 6 nitrogen and oxygen atoms in total. The van der Waals surface area contributed by atoms with Gasteiger partial charge < -0.3 is 15.0 Å². The molecule has 0 radical (unpaired) electrons. The summed E-state index contributed by atoms with van der Waals surface area (Å²) < 4.78 is 5.56. The Balaban J connectivity index is 1.68. The van der Waals surface area contributed by atoms with Crippen LogP contribution in [0.5, 0.6) is 0 Å². The number of amides is 2. The maximum absolute atomic E-state index is 12.6. The second-order valence-corrected chi connectivity index (χ2v) is 8.61. The molecule has 1 atom stereocenters. The molecule has 1 N–H and O–H groups in total. The van der Waals surface area contributed by atoms with Crippen LogP contribution >= 0.6 is 0 Å². The van der Waals surface area contributed by atoms with Crippen LogP contribution in [-0.4, -0.2) is 59.6 Å². The molecule has 0 bridgehead atoms. The number of benzene rings is 2. The molecule has 0 aromatic heterocycles. The standard InChI is InChI=1S/C24H31N3O3/c1-24(2,3)30-23(29)27-15-14-26(17-19-10-6-4-7-11-19)21(18-27)16-25-22(28)20-12-8-5-9-13-20/h4-13,21H,14-18H2,1-3H3,(H,25,28)/t21-/m1/s1. The predicted octanol–water partition coefficient (Wildman–Crippen LogP) is 3.54. The highest BCUT2D eigenvalue weighted by atomic mass is 16.6. The van der Waals surface area contributed by atoms with Gasteiger partial charge in [-0.1, -0.05) is 48.5 Å². The first-order valence-electron chi connectivity index (χ1n) is 10.4. The zero-order valence-electron chi connectivity index (χ0n) is 18.0. The maximum Gasteiger partial charge on any atom is 0.410 e. The SMILES string of the molecule is CC(C)(C)OC(=O)N1CCN(Cc2ccccc2)[C@H](CNC(=O)c2ccccc2)C1. The van der Waals surface area contributed by atoms with Crippen LogP contribution in [0.25, 0.3) is 0 Å². The van der Waals surface area contributed by atoms with Crippen LogP contribution in [-0.2, 0) is 11.3 Å². The predicted molar refractivity (Wildman–Crippen MR) is 117 cm³/mol. The fourth-order valence-corrected chi connectivity index (χ4v) is 3.51. The molecule has 0 aliphatic carbocycles. The summed E-state index contributed by atoms with van der Waals surface area (Å²) >= 11 is 0. The van der Waals surface area contributed by atoms with Crippen molar-refractivity contribution in [1.29, 1.82) is 0 Å². The molecule has 6 heteroatoms. The van der Waals surface area contributed by atoms with Gasteiger partial charge in [0, 0.05) is 44.3 Å². The number of hydrogen-bond donors (Lipinski definition) is 1. The summed E-state index contributed by atoms with van der Waals surface area (Å²) in [5.74, 6) is -0.107. The minimum absolute atomic E-state index is 0.000799. The fourth-order valence-electron chi connectivity index (χ4n) is 3.51. The molecule has 3 rings (SSSR count). The van der Waals surface area contributed by atoms with Gasteiger partial charge >= 0.3 is 6.09 Å². The summed E-state index contributed by atoms with van der Waals surface area (Å²) in [4.78, 5) is 29.2. The van der Waals surface area contributed by atoms with Gasteiger partial charge in [0.2, 0.25) is 0 Å². The molecule has 1 fully saturated rings. The van der Waals surface area contributed by atoms with E-state index in [0.717, 1.165) is 13.1 Å². The quantitative estimate of drug-likeness (QED) is 0.821. The smallest absolute Gasteiger partial charge is 0.410 e. The molecule has 2 aromatic carbocycles. The largest absolute Gasteiger partial charge is 0.444 e. The number of piperazine rings is 1. The van der Waals surface area contributed by atoms with Crippen molar-refractivity contribution in [3.05, 3.63) is 71.8 Å².